The third kappa shape index (κ3) is 4.09. The molecule has 52 valence electrons. The molecule has 0 aliphatic carbocycles. The second-order valence-corrected chi connectivity index (χ2v) is 3.07. The summed E-state index contributed by atoms with van der Waals surface area (Å²) < 4.78 is 0. The number of nitrogens with zero attached hydrogens (tertiary/aromatic N) is 1. The normalized spacial score (nSPS) is 11.2. The van der Waals surface area contributed by atoms with E-state index < -0.39 is 0 Å². The van der Waals surface area contributed by atoms with Crippen molar-refractivity contribution in [3.63, 3.8) is 0 Å². The van der Waals surface area contributed by atoms with Crippen LogP contribution in [0.2, 0.25) is 0 Å². The Bertz CT molecular complexity index is 54.0. The Labute approximate surface area is 51.8 Å². The predicted octanol–water partition coefficient (Wildman–Crippen LogP) is 0.522. The first-order chi connectivity index (χ1) is 2.94. The first-order valence-corrected chi connectivity index (χ1v) is 2.62. The van der Waals surface area contributed by atoms with Crippen LogP contribution < -0.4 is 0 Å². The van der Waals surface area contributed by atoms with Gasteiger partial charge in [0.1, 0.15) is 0 Å². The summed E-state index contributed by atoms with van der Waals surface area (Å²) in [6.45, 7) is 6.56. The highest BCUT2D eigenvalue weighted by Crippen LogP contribution is 2.05. The maximum absolute atomic E-state index is 2.19. The van der Waals surface area contributed by atoms with Crippen molar-refractivity contribution in [2.75, 3.05) is 14.1 Å². The van der Waals surface area contributed by atoms with E-state index in [0.29, 0.717) is 5.54 Å². The highest BCUT2D eigenvalue weighted by Gasteiger charge is 2.10. The molecular weight excluding hydrogens is 102 g/mol. The van der Waals surface area contributed by atoms with Crippen LogP contribution in [0.5, 0.6) is 0 Å². The molecule has 0 aliphatic heterocycles. The summed E-state index contributed by atoms with van der Waals surface area (Å²) in [5.74, 6) is 0. The Balaban J connectivity index is 0. The lowest BCUT2D eigenvalue weighted by molar-refractivity contribution is 0.219. The minimum Gasteiger partial charge on any atom is -0.412 e. The highest BCUT2D eigenvalue weighted by molar-refractivity contribution is 4.67. The van der Waals surface area contributed by atoms with Gasteiger partial charge < -0.3 is 10.4 Å². The lowest BCUT2D eigenvalue weighted by atomic mass is 10.1. The van der Waals surface area contributed by atoms with Gasteiger partial charge in [0.15, 0.2) is 0 Å². The highest BCUT2D eigenvalue weighted by atomic mass is 16.0. The molecule has 0 fully saturated rings. The first kappa shape index (κ1) is 10.8. The fraction of sp³-hybridized carbons (Fsp3) is 1.00. The lowest BCUT2D eigenvalue weighted by Crippen LogP contribution is -2.34. The van der Waals surface area contributed by atoms with Gasteiger partial charge in [0.2, 0.25) is 0 Å². The molecule has 0 saturated heterocycles. The maximum atomic E-state index is 2.19. The van der Waals surface area contributed by atoms with E-state index in [1.165, 1.54) is 0 Å². The Morgan fingerprint density at radius 1 is 1.00 bits per heavy atom. The van der Waals surface area contributed by atoms with E-state index in [9.17, 15) is 0 Å². The topological polar surface area (TPSA) is 34.7 Å². The summed E-state index contributed by atoms with van der Waals surface area (Å²) in [7, 11) is 4.17. The lowest BCUT2D eigenvalue weighted by Gasteiger charge is -2.27. The summed E-state index contributed by atoms with van der Waals surface area (Å²) in [4.78, 5) is 2.19. The van der Waals surface area contributed by atoms with Crippen LogP contribution in [0.15, 0.2) is 0 Å². The Hall–Kier alpha value is -0.0800. The molecule has 0 aromatic carbocycles. The molecule has 2 heteroatoms. The zero-order valence-electron chi connectivity index (χ0n) is 6.45. The van der Waals surface area contributed by atoms with E-state index >= 15 is 0 Å². The van der Waals surface area contributed by atoms with Crippen LogP contribution in [-0.4, -0.2) is 30.0 Å². The van der Waals surface area contributed by atoms with Gasteiger partial charge in [0.05, 0.1) is 0 Å². The standard InChI is InChI=1S/C6H15N.H2O/c1-6(2,3)7(4)5;/h1-5H3;1H2. The van der Waals surface area contributed by atoms with Crippen LogP contribution in [0.3, 0.4) is 0 Å². The second kappa shape index (κ2) is 3.05. The van der Waals surface area contributed by atoms with Crippen molar-refractivity contribution in [1.29, 1.82) is 0 Å². The Kier molecular flexibility index (Phi) is 4.12. The van der Waals surface area contributed by atoms with Crippen molar-refractivity contribution in [2.45, 2.75) is 26.3 Å². The molecule has 0 amide bonds. The van der Waals surface area contributed by atoms with E-state index in [1.807, 2.05) is 0 Å². The van der Waals surface area contributed by atoms with Crippen molar-refractivity contribution in [3.8, 4) is 0 Å². The fourth-order valence-electron chi connectivity index (χ4n) is 0. The molecule has 0 radical (unpaired) electrons. The molecule has 8 heavy (non-hydrogen) atoms. The second-order valence-electron chi connectivity index (χ2n) is 3.07. The minimum atomic E-state index is 0. The molecule has 0 aromatic heterocycles. The van der Waals surface area contributed by atoms with Crippen LogP contribution in [0.1, 0.15) is 20.8 Å². The van der Waals surface area contributed by atoms with Gasteiger partial charge in [-0.05, 0) is 34.9 Å². The molecule has 0 bridgehead atoms. The first-order valence-electron chi connectivity index (χ1n) is 2.62. The van der Waals surface area contributed by atoms with Gasteiger partial charge >= 0.3 is 0 Å². The number of hydrogen-bond donors (Lipinski definition) is 0. The van der Waals surface area contributed by atoms with Crippen LogP contribution in [0.4, 0.5) is 0 Å². The van der Waals surface area contributed by atoms with Crippen molar-refractivity contribution in [2.24, 2.45) is 0 Å². The Morgan fingerprint density at radius 3 is 1.12 bits per heavy atom. The van der Waals surface area contributed by atoms with Crippen LogP contribution in [-0.2, 0) is 0 Å². The molecule has 0 heterocycles. The van der Waals surface area contributed by atoms with Crippen LogP contribution in [0.25, 0.3) is 0 Å². The summed E-state index contributed by atoms with van der Waals surface area (Å²) in [6.07, 6.45) is 0. The zero-order chi connectivity index (χ0) is 6.08. The molecule has 0 spiro atoms. The van der Waals surface area contributed by atoms with Crippen molar-refractivity contribution in [3.05, 3.63) is 0 Å². The number of hydrogen-bond acceptors (Lipinski definition) is 1. The molecule has 0 rings (SSSR count). The monoisotopic (exact) mass is 119 g/mol. The summed E-state index contributed by atoms with van der Waals surface area (Å²) in [5.41, 5.74) is 0.333. The average molecular weight is 119 g/mol. The summed E-state index contributed by atoms with van der Waals surface area (Å²) >= 11 is 0. The SMILES string of the molecule is CN(C)C(C)(C)C.O. The third-order valence-corrected chi connectivity index (χ3v) is 1.34. The molecule has 2 nitrogen and oxygen atoms in total. The van der Waals surface area contributed by atoms with Gasteiger partial charge in [-0.3, -0.25) is 0 Å². The largest absolute Gasteiger partial charge is 0.412 e. The maximum Gasteiger partial charge on any atom is 0.0118 e. The number of rotatable bonds is 0. The molecule has 0 unspecified atom stereocenters. The fourth-order valence-corrected chi connectivity index (χ4v) is 0. The van der Waals surface area contributed by atoms with Crippen molar-refractivity contribution in [1.82, 2.24) is 4.90 Å². The van der Waals surface area contributed by atoms with Gasteiger partial charge in [-0.15, -0.1) is 0 Å². The van der Waals surface area contributed by atoms with E-state index in [4.69, 9.17) is 0 Å². The van der Waals surface area contributed by atoms with Gasteiger partial charge in [-0.25, -0.2) is 0 Å². The predicted molar refractivity (Wildman–Crippen MR) is 37.1 cm³/mol. The average Bonchev–Trinajstić information content (AvgIpc) is 1.31. The van der Waals surface area contributed by atoms with Gasteiger partial charge in [-0.1, -0.05) is 0 Å². The Morgan fingerprint density at radius 2 is 1.12 bits per heavy atom. The third-order valence-electron chi connectivity index (χ3n) is 1.34. The zero-order valence-corrected chi connectivity index (χ0v) is 6.45. The molecule has 0 aliphatic rings. The van der Waals surface area contributed by atoms with E-state index in [2.05, 4.69) is 39.8 Å². The summed E-state index contributed by atoms with van der Waals surface area (Å²) in [5, 5.41) is 0. The van der Waals surface area contributed by atoms with Crippen LogP contribution in [0, 0.1) is 0 Å². The molecule has 0 saturated carbocycles. The quantitative estimate of drug-likeness (QED) is 0.458. The smallest absolute Gasteiger partial charge is 0.0118 e. The van der Waals surface area contributed by atoms with Crippen LogP contribution >= 0.6 is 0 Å². The van der Waals surface area contributed by atoms with E-state index in [0.717, 1.165) is 0 Å². The molecule has 0 aromatic rings. The van der Waals surface area contributed by atoms with Gasteiger partial charge in [0, 0.05) is 5.54 Å². The molecular formula is C6H17NO. The minimum absolute atomic E-state index is 0. The molecule has 0 atom stereocenters. The van der Waals surface area contributed by atoms with Crippen molar-refractivity contribution < 1.29 is 5.48 Å². The summed E-state index contributed by atoms with van der Waals surface area (Å²) in [6, 6.07) is 0. The van der Waals surface area contributed by atoms with Crippen molar-refractivity contribution >= 4 is 0 Å². The van der Waals surface area contributed by atoms with E-state index in [-0.39, 0.29) is 5.48 Å². The van der Waals surface area contributed by atoms with Gasteiger partial charge in [0.25, 0.3) is 0 Å². The van der Waals surface area contributed by atoms with E-state index in [1.54, 1.807) is 0 Å². The van der Waals surface area contributed by atoms with Gasteiger partial charge in [-0.2, -0.15) is 0 Å². The molecule has 2 N–H and O–H groups in total.